The Balaban J connectivity index is 1.68. The molecule has 0 spiro atoms. The van der Waals surface area contributed by atoms with Gasteiger partial charge in [0.2, 0.25) is 11.7 Å². The average molecular weight is 344 g/mol. The van der Waals surface area contributed by atoms with Gasteiger partial charge in [-0.05, 0) is 31.4 Å². The number of hydrogen-bond acceptors (Lipinski definition) is 4. The summed E-state index contributed by atoms with van der Waals surface area (Å²) in [5.41, 5.74) is 7.91. The van der Waals surface area contributed by atoms with Crippen LogP contribution in [0.4, 0.5) is 0 Å². The Bertz CT molecular complexity index is 577. The smallest absolute Gasteiger partial charge is 0.227 e. The van der Waals surface area contributed by atoms with E-state index in [2.05, 4.69) is 41.3 Å². The zero-order valence-corrected chi connectivity index (χ0v) is 15.7. The third-order valence-corrected chi connectivity index (χ3v) is 4.59. The maximum atomic E-state index is 5.51. The molecule has 2 aromatic rings. The predicted octanol–water partition coefficient (Wildman–Crippen LogP) is 5.31. The van der Waals surface area contributed by atoms with E-state index in [1.54, 1.807) is 0 Å². The van der Waals surface area contributed by atoms with Gasteiger partial charge in [0.1, 0.15) is 0 Å². The first-order valence-corrected chi connectivity index (χ1v) is 9.95. The highest BCUT2D eigenvalue weighted by molar-refractivity contribution is 5.54. The summed E-state index contributed by atoms with van der Waals surface area (Å²) in [7, 11) is 0. The Morgan fingerprint density at radius 2 is 1.52 bits per heavy atom. The second kappa shape index (κ2) is 11.8. The SMILES string of the molecule is CCCCCCCCCCc1ccc(-c2noc(CCCN)n2)cc1. The second-order valence-electron chi connectivity index (χ2n) is 6.83. The third kappa shape index (κ3) is 7.39. The van der Waals surface area contributed by atoms with Gasteiger partial charge in [-0.25, -0.2) is 0 Å². The molecule has 2 N–H and O–H groups in total. The van der Waals surface area contributed by atoms with Crippen molar-refractivity contribution < 1.29 is 4.52 Å². The van der Waals surface area contributed by atoms with E-state index >= 15 is 0 Å². The fourth-order valence-electron chi connectivity index (χ4n) is 3.01. The molecule has 4 nitrogen and oxygen atoms in total. The van der Waals surface area contributed by atoms with E-state index in [1.165, 1.54) is 56.9 Å². The summed E-state index contributed by atoms with van der Waals surface area (Å²) in [6.07, 6.45) is 13.7. The molecule has 0 fully saturated rings. The highest BCUT2D eigenvalue weighted by Gasteiger charge is 2.08. The van der Waals surface area contributed by atoms with Gasteiger partial charge in [-0.3, -0.25) is 0 Å². The van der Waals surface area contributed by atoms with E-state index in [1.807, 2.05) is 0 Å². The van der Waals surface area contributed by atoms with Crippen LogP contribution in [0.25, 0.3) is 11.4 Å². The number of aromatic nitrogens is 2. The minimum Gasteiger partial charge on any atom is -0.339 e. The fourth-order valence-corrected chi connectivity index (χ4v) is 3.01. The topological polar surface area (TPSA) is 64.9 Å². The molecule has 0 radical (unpaired) electrons. The first-order valence-electron chi connectivity index (χ1n) is 9.95. The van der Waals surface area contributed by atoms with E-state index in [9.17, 15) is 0 Å². The molecule has 0 atom stereocenters. The maximum Gasteiger partial charge on any atom is 0.227 e. The molecule has 0 saturated carbocycles. The molecule has 138 valence electrons. The largest absolute Gasteiger partial charge is 0.339 e. The number of aryl methyl sites for hydroxylation is 2. The molecule has 1 aromatic heterocycles. The highest BCUT2D eigenvalue weighted by atomic mass is 16.5. The van der Waals surface area contributed by atoms with Crippen molar-refractivity contribution >= 4 is 0 Å². The molecule has 0 aliphatic heterocycles. The fraction of sp³-hybridized carbons (Fsp3) is 0.619. The molecule has 0 aliphatic rings. The Kier molecular flexibility index (Phi) is 9.27. The predicted molar refractivity (Wildman–Crippen MR) is 103 cm³/mol. The Morgan fingerprint density at radius 1 is 0.840 bits per heavy atom. The van der Waals surface area contributed by atoms with Gasteiger partial charge in [0, 0.05) is 12.0 Å². The number of benzene rings is 1. The molecule has 0 bridgehead atoms. The lowest BCUT2D eigenvalue weighted by molar-refractivity contribution is 0.376. The molecular weight excluding hydrogens is 310 g/mol. The van der Waals surface area contributed by atoms with Crippen molar-refractivity contribution in [3.05, 3.63) is 35.7 Å². The standard InChI is InChI=1S/C21H33N3O/c1-2-3-4-5-6-7-8-9-11-18-13-15-19(16-14-18)21-23-20(25-24-21)12-10-17-22/h13-16H,2-12,17,22H2,1H3. The molecule has 0 amide bonds. The van der Waals surface area contributed by atoms with Crippen LogP contribution in [0.5, 0.6) is 0 Å². The number of nitrogens with two attached hydrogens (primary N) is 1. The normalized spacial score (nSPS) is 11.1. The highest BCUT2D eigenvalue weighted by Crippen LogP contribution is 2.18. The van der Waals surface area contributed by atoms with E-state index in [0.29, 0.717) is 18.3 Å². The van der Waals surface area contributed by atoms with E-state index in [0.717, 1.165) is 24.8 Å². The quantitative estimate of drug-likeness (QED) is 0.500. The van der Waals surface area contributed by atoms with E-state index in [4.69, 9.17) is 10.3 Å². The molecule has 0 unspecified atom stereocenters. The lowest BCUT2D eigenvalue weighted by Crippen LogP contribution is -2.00. The molecule has 1 aromatic carbocycles. The number of nitrogens with zero attached hydrogens (tertiary/aromatic N) is 2. The van der Waals surface area contributed by atoms with Crippen molar-refractivity contribution in [2.75, 3.05) is 6.54 Å². The summed E-state index contributed by atoms with van der Waals surface area (Å²) in [5, 5.41) is 4.06. The van der Waals surface area contributed by atoms with Crippen molar-refractivity contribution in [2.24, 2.45) is 5.73 Å². The van der Waals surface area contributed by atoms with Crippen molar-refractivity contribution in [3.63, 3.8) is 0 Å². The molecule has 2 rings (SSSR count). The van der Waals surface area contributed by atoms with Gasteiger partial charge in [0.25, 0.3) is 0 Å². The van der Waals surface area contributed by atoms with Crippen molar-refractivity contribution in [1.82, 2.24) is 10.1 Å². The first-order chi connectivity index (χ1) is 12.3. The lowest BCUT2D eigenvalue weighted by atomic mass is 10.0. The van der Waals surface area contributed by atoms with Gasteiger partial charge in [-0.15, -0.1) is 0 Å². The number of rotatable bonds is 13. The Hall–Kier alpha value is -1.68. The van der Waals surface area contributed by atoms with Crippen molar-refractivity contribution in [3.8, 4) is 11.4 Å². The average Bonchev–Trinajstić information content (AvgIpc) is 3.11. The molecule has 4 heteroatoms. The van der Waals surface area contributed by atoms with E-state index < -0.39 is 0 Å². The van der Waals surface area contributed by atoms with Gasteiger partial charge in [0.05, 0.1) is 0 Å². The van der Waals surface area contributed by atoms with Crippen LogP contribution in [0.1, 0.15) is 76.2 Å². The van der Waals surface area contributed by atoms with Crippen LogP contribution >= 0.6 is 0 Å². The monoisotopic (exact) mass is 343 g/mol. The van der Waals surface area contributed by atoms with Gasteiger partial charge in [-0.1, -0.05) is 81.3 Å². The summed E-state index contributed by atoms with van der Waals surface area (Å²) >= 11 is 0. The summed E-state index contributed by atoms with van der Waals surface area (Å²) in [6, 6.07) is 8.56. The van der Waals surface area contributed by atoms with Crippen molar-refractivity contribution in [2.45, 2.75) is 77.6 Å². The van der Waals surface area contributed by atoms with Gasteiger partial charge >= 0.3 is 0 Å². The first kappa shape index (κ1) is 19.6. The molecule has 0 saturated heterocycles. The minimum absolute atomic E-state index is 0.644. The second-order valence-corrected chi connectivity index (χ2v) is 6.83. The van der Waals surface area contributed by atoms with Crippen LogP contribution in [0.3, 0.4) is 0 Å². The van der Waals surface area contributed by atoms with Gasteiger partial charge in [0.15, 0.2) is 0 Å². The third-order valence-electron chi connectivity index (χ3n) is 4.59. The maximum absolute atomic E-state index is 5.51. The summed E-state index contributed by atoms with van der Waals surface area (Å²) < 4.78 is 5.26. The van der Waals surface area contributed by atoms with Crippen LogP contribution in [-0.4, -0.2) is 16.7 Å². The molecule has 25 heavy (non-hydrogen) atoms. The van der Waals surface area contributed by atoms with E-state index in [-0.39, 0.29) is 0 Å². The molecule has 1 heterocycles. The van der Waals surface area contributed by atoms with Gasteiger partial charge in [-0.2, -0.15) is 4.98 Å². The summed E-state index contributed by atoms with van der Waals surface area (Å²) in [4.78, 5) is 4.43. The van der Waals surface area contributed by atoms with Crippen LogP contribution in [0.2, 0.25) is 0 Å². The van der Waals surface area contributed by atoms with Crippen LogP contribution in [0.15, 0.2) is 28.8 Å². The zero-order valence-electron chi connectivity index (χ0n) is 15.7. The Morgan fingerprint density at radius 3 is 2.20 bits per heavy atom. The van der Waals surface area contributed by atoms with Gasteiger partial charge < -0.3 is 10.3 Å². The lowest BCUT2D eigenvalue weighted by Gasteiger charge is -2.03. The minimum atomic E-state index is 0.644. The van der Waals surface area contributed by atoms with Crippen LogP contribution < -0.4 is 5.73 Å². The molecule has 0 aliphatic carbocycles. The summed E-state index contributed by atoms with van der Waals surface area (Å²) in [6.45, 7) is 2.91. The van der Waals surface area contributed by atoms with Crippen molar-refractivity contribution in [1.29, 1.82) is 0 Å². The molecular formula is C21H33N3O. The van der Waals surface area contributed by atoms with Crippen LogP contribution in [-0.2, 0) is 12.8 Å². The Labute approximate surface area is 152 Å². The number of hydrogen-bond donors (Lipinski definition) is 1. The van der Waals surface area contributed by atoms with Crippen LogP contribution in [0, 0.1) is 0 Å². The summed E-state index contributed by atoms with van der Waals surface area (Å²) in [5.74, 6) is 1.34. The number of unbranched alkanes of at least 4 members (excludes halogenated alkanes) is 7. The zero-order chi connectivity index (χ0) is 17.7.